The normalized spacial score (nSPS) is 11.3. The van der Waals surface area contributed by atoms with Crippen LogP contribution in [0.15, 0.2) is 103 Å². The van der Waals surface area contributed by atoms with Gasteiger partial charge in [-0.25, -0.2) is 4.79 Å². The Morgan fingerprint density at radius 3 is 1.36 bits per heavy atom. The van der Waals surface area contributed by atoms with Gasteiger partial charge in [0.15, 0.2) is 17.2 Å². The van der Waals surface area contributed by atoms with Crippen LogP contribution in [-0.4, -0.2) is 34.1 Å². The second-order valence-corrected chi connectivity index (χ2v) is 14.3. The summed E-state index contributed by atoms with van der Waals surface area (Å²) in [6.45, 7) is 0.288. The van der Waals surface area contributed by atoms with Crippen molar-refractivity contribution in [2.75, 3.05) is 12.8 Å². The highest BCUT2D eigenvalue weighted by atomic mass is 31.2. The van der Waals surface area contributed by atoms with Crippen LogP contribution in [0.1, 0.15) is 68.1 Å². The number of esters is 1. The lowest BCUT2D eigenvalue weighted by atomic mass is 10.1. The van der Waals surface area contributed by atoms with Crippen molar-refractivity contribution < 1.29 is 24.9 Å². The van der Waals surface area contributed by atoms with Gasteiger partial charge in [0, 0.05) is 0 Å². The van der Waals surface area contributed by atoms with Crippen molar-refractivity contribution in [2.24, 2.45) is 0 Å². The number of hydrogen-bond acceptors (Lipinski definition) is 5. The molecule has 0 bridgehead atoms. The van der Waals surface area contributed by atoms with Gasteiger partial charge >= 0.3 is 5.97 Å². The van der Waals surface area contributed by atoms with Crippen LogP contribution in [0.25, 0.3) is 0 Å². The molecule has 0 aromatic heterocycles. The van der Waals surface area contributed by atoms with Gasteiger partial charge in [0.2, 0.25) is 0 Å². The van der Waals surface area contributed by atoms with E-state index < -0.39 is 30.5 Å². The Labute approximate surface area is 250 Å². The smallest absolute Gasteiger partial charge is 0.338 e. The standard InChI is InChI=1S/C36H41O5P/c37-33-27-29(28-34(38)35(33)39)36(40)41-25-17-6-4-2-1-3-5-7-18-26-42(30-19-11-8-12-20-30,31-21-13-9-14-22-31)32-23-15-10-16-24-32/h8-16,19-24,27-28H,1-7,17-18,25-26H2,(H2-,37,38,39,40)/p+1. The Morgan fingerprint density at radius 1 is 0.548 bits per heavy atom. The average Bonchev–Trinajstić information content (AvgIpc) is 3.03. The molecule has 4 aromatic rings. The zero-order valence-corrected chi connectivity index (χ0v) is 25.1. The highest BCUT2D eigenvalue weighted by Crippen LogP contribution is 2.56. The van der Waals surface area contributed by atoms with Gasteiger partial charge in [0.25, 0.3) is 0 Å². The molecular formula is C36H42O5P+. The molecule has 42 heavy (non-hydrogen) atoms. The van der Waals surface area contributed by atoms with Crippen LogP contribution >= 0.6 is 7.26 Å². The van der Waals surface area contributed by atoms with E-state index in [2.05, 4.69) is 91.0 Å². The minimum Gasteiger partial charge on any atom is -0.504 e. The molecule has 0 heterocycles. The van der Waals surface area contributed by atoms with Gasteiger partial charge in [-0.1, -0.05) is 93.1 Å². The summed E-state index contributed by atoms with van der Waals surface area (Å²) in [6.07, 6.45) is 11.3. The highest BCUT2D eigenvalue weighted by molar-refractivity contribution is 7.95. The fraction of sp³-hybridized carbons (Fsp3) is 0.306. The summed E-state index contributed by atoms with van der Waals surface area (Å²) in [5.41, 5.74) is 0.0125. The molecule has 5 nitrogen and oxygen atoms in total. The second-order valence-electron chi connectivity index (χ2n) is 10.7. The molecule has 0 aliphatic heterocycles. The zero-order chi connectivity index (χ0) is 29.6. The molecular weight excluding hydrogens is 543 g/mol. The third-order valence-electron chi connectivity index (χ3n) is 7.77. The predicted octanol–water partition coefficient (Wildman–Crippen LogP) is 7.47. The number of unbranched alkanes of at least 4 members (excludes halogenated alkanes) is 8. The van der Waals surface area contributed by atoms with E-state index in [9.17, 15) is 20.1 Å². The first-order valence-electron chi connectivity index (χ1n) is 15.0. The summed E-state index contributed by atoms with van der Waals surface area (Å²) in [6, 6.07) is 35.4. The Balaban J connectivity index is 1.18. The van der Waals surface area contributed by atoms with Crippen LogP contribution in [-0.2, 0) is 4.74 Å². The number of phenols is 3. The number of carbonyl (C=O) groups is 1. The number of carbonyl (C=O) groups excluding carboxylic acids is 1. The Hall–Kier alpha value is -3.82. The largest absolute Gasteiger partial charge is 0.504 e. The fourth-order valence-electron chi connectivity index (χ4n) is 5.54. The monoisotopic (exact) mass is 585 g/mol. The van der Waals surface area contributed by atoms with E-state index in [4.69, 9.17) is 4.74 Å². The van der Waals surface area contributed by atoms with Gasteiger partial charge in [0.1, 0.15) is 23.2 Å². The van der Waals surface area contributed by atoms with Crippen LogP contribution in [0.2, 0.25) is 0 Å². The molecule has 0 saturated heterocycles. The maximum absolute atomic E-state index is 12.1. The van der Waals surface area contributed by atoms with Crippen molar-refractivity contribution in [1.82, 2.24) is 0 Å². The first kappa shape index (κ1) is 31.1. The van der Waals surface area contributed by atoms with Gasteiger partial charge in [-0.3, -0.25) is 0 Å². The lowest BCUT2D eigenvalue weighted by Gasteiger charge is -2.27. The molecule has 4 rings (SSSR count). The number of ether oxygens (including phenoxy) is 1. The molecule has 220 valence electrons. The Morgan fingerprint density at radius 2 is 0.929 bits per heavy atom. The molecule has 3 N–H and O–H groups in total. The van der Waals surface area contributed by atoms with Crippen LogP contribution < -0.4 is 15.9 Å². The topological polar surface area (TPSA) is 87.0 Å². The maximum Gasteiger partial charge on any atom is 0.338 e. The Kier molecular flexibility index (Phi) is 11.8. The SMILES string of the molecule is O=C(OCCCCCCCCCCC[P+](c1ccccc1)(c1ccccc1)c1ccccc1)c1cc(O)c(O)c(O)c1. The summed E-state index contributed by atoms with van der Waals surface area (Å²) in [5, 5.41) is 32.9. The minimum atomic E-state index is -1.74. The van der Waals surface area contributed by atoms with Gasteiger partial charge < -0.3 is 20.1 Å². The molecule has 0 spiro atoms. The van der Waals surface area contributed by atoms with E-state index in [1.165, 1.54) is 60.6 Å². The predicted molar refractivity (Wildman–Crippen MR) is 173 cm³/mol. The number of rotatable bonds is 16. The van der Waals surface area contributed by atoms with Gasteiger partial charge in [-0.15, -0.1) is 0 Å². The summed E-state index contributed by atoms with van der Waals surface area (Å²) < 4.78 is 5.23. The zero-order valence-electron chi connectivity index (χ0n) is 24.2. The number of hydrogen-bond donors (Lipinski definition) is 3. The number of aromatic hydroxyl groups is 3. The number of phenolic OH excluding ortho intramolecular Hbond substituents is 3. The van der Waals surface area contributed by atoms with Crippen molar-refractivity contribution in [2.45, 2.75) is 57.8 Å². The minimum absolute atomic E-state index is 0.0125. The van der Waals surface area contributed by atoms with Crippen LogP contribution in [0, 0.1) is 0 Å². The van der Waals surface area contributed by atoms with Crippen LogP contribution in [0.4, 0.5) is 0 Å². The van der Waals surface area contributed by atoms with Gasteiger partial charge in [-0.2, -0.15) is 0 Å². The van der Waals surface area contributed by atoms with E-state index in [1.54, 1.807) is 0 Å². The lowest BCUT2D eigenvalue weighted by Crippen LogP contribution is -2.33. The molecule has 0 fully saturated rings. The Bertz CT molecular complexity index is 1260. The lowest BCUT2D eigenvalue weighted by molar-refractivity contribution is 0.0496. The fourth-order valence-corrected chi connectivity index (χ4v) is 9.95. The highest BCUT2D eigenvalue weighted by Gasteiger charge is 2.44. The summed E-state index contributed by atoms with van der Waals surface area (Å²) in [4.78, 5) is 12.1. The summed E-state index contributed by atoms with van der Waals surface area (Å²) >= 11 is 0. The molecule has 4 aromatic carbocycles. The molecule has 0 radical (unpaired) electrons. The van der Waals surface area contributed by atoms with Crippen molar-refractivity contribution in [1.29, 1.82) is 0 Å². The third-order valence-corrected chi connectivity index (χ3v) is 12.3. The van der Waals surface area contributed by atoms with Crippen molar-refractivity contribution in [3.8, 4) is 17.2 Å². The molecule has 0 amide bonds. The second kappa shape index (κ2) is 16.0. The molecule has 0 saturated carbocycles. The third kappa shape index (κ3) is 8.14. The number of benzene rings is 4. The maximum atomic E-state index is 12.1. The molecule has 0 aliphatic carbocycles. The van der Waals surface area contributed by atoms with Crippen LogP contribution in [0.3, 0.4) is 0 Å². The van der Waals surface area contributed by atoms with E-state index >= 15 is 0 Å². The van der Waals surface area contributed by atoms with E-state index in [0.29, 0.717) is 0 Å². The van der Waals surface area contributed by atoms with Crippen molar-refractivity contribution >= 4 is 29.1 Å². The molecule has 0 atom stereocenters. The van der Waals surface area contributed by atoms with Crippen LogP contribution in [0.5, 0.6) is 17.2 Å². The molecule has 0 unspecified atom stereocenters. The molecule has 0 aliphatic rings. The molecule has 6 heteroatoms. The van der Waals surface area contributed by atoms with Crippen molar-refractivity contribution in [3.63, 3.8) is 0 Å². The van der Waals surface area contributed by atoms with Gasteiger partial charge in [0.05, 0.1) is 18.3 Å². The van der Waals surface area contributed by atoms with E-state index in [0.717, 1.165) is 31.4 Å². The first-order chi connectivity index (χ1) is 20.5. The van der Waals surface area contributed by atoms with E-state index in [1.807, 2.05) is 0 Å². The quantitative estimate of drug-likeness (QED) is 0.0550. The average molecular weight is 586 g/mol. The summed E-state index contributed by atoms with van der Waals surface area (Å²) in [7, 11) is -1.74. The van der Waals surface area contributed by atoms with Gasteiger partial charge in [-0.05, 0) is 67.8 Å². The van der Waals surface area contributed by atoms with E-state index in [-0.39, 0.29) is 12.2 Å². The first-order valence-corrected chi connectivity index (χ1v) is 17.0. The summed E-state index contributed by atoms with van der Waals surface area (Å²) in [5.74, 6) is -2.37. The van der Waals surface area contributed by atoms with Crippen molar-refractivity contribution in [3.05, 3.63) is 109 Å².